The number of nitrogens with one attached hydrogen (secondary N) is 1. The van der Waals surface area contributed by atoms with E-state index in [1.807, 2.05) is 6.92 Å². The third kappa shape index (κ3) is 2.83. The Morgan fingerprint density at radius 2 is 2.00 bits per heavy atom. The maximum absolute atomic E-state index is 5.22. The van der Waals surface area contributed by atoms with Gasteiger partial charge in [-0.05, 0) is 6.92 Å². The molecule has 0 aliphatic rings. The molecule has 2 rings (SSSR count). The zero-order valence-electron chi connectivity index (χ0n) is 9.27. The van der Waals surface area contributed by atoms with Crippen LogP contribution in [0.25, 0.3) is 0 Å². The maximum atomic E-state index is 5.22. The van der Waals surface area contributed by atoms with E-state index in [0.29, 0.717) is 24.9 Å². The molecule has 2 heterocycles. The van der Waals surface area contributed by atoms with Crippen molar-refractivity contribution in [1.29, 1.82) is 0 Å². The van der Waals surface area contributed by atoms with Crippen LogP contribution in [0.15, 0.2) is 16.8 Å². The highest BCUT2D eigenvalue weighted by Crippen LogP contribution is 1.98. The summed E-state index contributed by atoms with van der Waals surface area (Å²) in [5.74, 6) is 1.16. The molecule has 2 aromatic rings. The summed E-state index contributed by atoms with van der Waals surface area (Å²) in [5.41, 5.74) is 1.80. The van der Waals surface area contributed by atoms with Crippen LogP contribution >= 0.6 is 0 Å². The Kier molecular flexibility index (Phi) is 3.21. The minimum absolute atomic E-state index is 0.538. The lowest BCUT2D eigenvalue weighted by atomic mass is 10.4. The molecule has 0 atom stereocenters. The lowest BCUT2D eigenvalue weighted by Crippen LogP contribution is -2.14. The van der Waals surface area contributed by atoms with E-state index in [1.54, 1.807) is 19.3 Å². The van der Waals surface area contributed by atoms with Crippen LogP contribution < -0.4 is 5.32 Å². The monoisotopic (exact) mass is 219 g/mol. The van der Waals surface area contributed by atoms with Gasteiger partial charge in [0.25, 0.3) is 0 Å². The van der Waals surface area contributed by atoms with Gasteiger partial charge in [-0.25, -0.2) is 0 Å². The number of hydrogen-bond acceptors (Lipinski definition) is 6. The minimum Gasteiger partial charge on any atom is -0.424 e. The molecule has 0 aromatic carbocycles. The van der Waals surface area contributed by atoms with Gasteiger partial charge in [0.2, 0.25) is 11.8 Å². The molecule has 0 bridgehead atoms. The fraction of sp³-hybridized carbons (Fsp3) is 0.400. The lowest BCUT2D eigenvalue weighted by molar-refractivity contribution is 0.446. The van der Waals surface area contributed by atoms with Gasteiger partial charge in [0, 0.05) is 25.9 Å². The van der Waals surface area contributed by atoms with Gasteiger partial charge in [0.1, 0.15) is 0 Å². The first-order chi connectivity index (χ1) is 7.74. The van der Waals surface area contributed by atoms with Crippen molar-refractivity contribution in [2.75, 3.05) is 0 Å². The molecule has 0 saturated carbocycles. The van der Waals surface area contributed by atoms with Gasteiger partial charge in [0.15, 0.2) is 0 Å². The second-order valence-corrected chi connectivity index (χ2v) is 3.47. The molecule has 0 unspecified atom stereocenters. The molecule has 0 aliphatic carbocycles. The fourth-order valence-corrected chi connectivity index (χ4v) is 1.22. The summed E-state index contributed by atoms with van der Waals surface area (Å²) in [5, 5.41) is 10.8. The van der Waals surface area contributed by atoms with Crippen LogP contribution in [0.2, 0.25) is 0 Å². The molecule has 0 fully saturated rings. The van der Waals surface area contributed by atoms with Crippen LogP contribution in [-0.2, 0) is 13.1 Å². The van der Waals surface area contributed by atoms with E-state index in [4.69, 9.17) is 4.42 Å². The molecule has 6 heteroatoms. The van der Waals surface area contributed by atoms with E-state index in [1.165, 1.54) is 0 Å². The SMILES string of the molecule is Cc1cnc(CNCc2nnc(C)o2)cn1. The molecule has 0 spiro atoms. The summed E-state index contributed by atoms with van der Waals surface area (Å²) in [4.78, 5) is 8.38. The normalized spacial score (nSPS) is 10.6. The van der Waals surface area contributed by atoms with Crippen molar-refractivity contribution < 1.29 is 4.42 Å². The number of hydrogen-bond donors (Lipinski definition) is 1. The predicted octanol–water partition coefficient (Wildman–Crippen LogP) is 0.766. The van der Waals surface area contributed by atoms with Crippen molar-refractivity contribution in [3.63, 3.8) is 0 Å². The third-order valence-electron chi connectivity index (χ3n) is 1.98. The summed E-state index contributed by atoms with van der Waals surface area (Å²) in [6.45, 7) is 4.85. The van der Waals surface area contributed by atoms with E-state index in [-0.39, 0.29) is 0 Å². The molecule has 16 heavy (non-hydrogen) atoms. The second kappa shape index (κ2) is 4.80. The molecule has 2 aromatic heterocycles. The Hall–Kier alpha value is -1.82. The Morgan fingerprint density at radius 1 is 1.12 bits per heavy atom. The Balaban J connectivity index is 1.82. The molecule has 84 valence electrons. The molecule has 0 aliphatic heterocycles. The lowest BCUT2D eigenvalue weighted by Gasteiger charge is -2.00. The zero-order valence-corrected chi connectivity index (χ0v) is 9.27. The highest BCUT2D eigenvalue weighted by molar-refractivity contribution is 5.00. The van der Waals surface area contributed by atoms with Gasteiger partial charge < -0.3 is 9.73 Å². The predicted molar refractivity (Wildman–Crippen MR) is 56.3 cm³/mol. The summed E-state index contributed by atoms with van der Waals surface area (Å²) in [6.07, 6.45) is 3.50. The Morgan fingerprint density at radius 3 is 2.62 bits per heavy atom. The van der Waals surface area contributed by atoms with E-state index in [9.17, 15) is 0 Å². The molecule has 6 nitrogen and oxygen atoms in total. The van der Waals surface area contributed by atoms with Crippen LogP contribution in [0.5, 0.6) is 0 Å². The number of aryl methyl sites for hydroxylation is 2. The average molecular weight is 219 g/mol. The third-order valence-corrected chi connectivity index (χ3v) is 1.98. The number of aromatic nitrogens is 4. The van der Waals surface area contributed by atoms with Crippen LogP contribution in [0.3, 0.4) is 0 Å². The summed E-state index contributed by atoms with van der Waals surface area (Å²) in [6, 6.07) is 0. The zero-order chi connectivity index (χ0) is 11.4. The maximum Gasteiger partial charge on any atom is 0.230 e. The molecule has 0 amide bonds. The fourth-order valence-electron chi connectivity index (χ4n) is 1.22. The van der Waals surface area contributed by atoms with Crippen molar-refractivity contribution >= 4 is 0 Å². The van der Waals surface area contributed by atoms with Crippen molar-refractivity contribution in [2.24, 2.45) is 0 Å². The standard InChI is InChI=1S/C10H13N5O/c1-7-3-13-9(5-12-7)4-11-6-10-15-14-8(2)16-10/h3,5,11H,4,6H2,1-2H3. The second-order valence-electron chi connectivity index (χ2n) is 3.47. The van der Waals surface area contributed by atoms with Gasteiger partial charge in [-0.2, -0.15) is 0 Å². The summed E-state index contributed by atoms with van der Waals surface area (Å²) < 4.78 is 5.22. The van der Waals surface area contributed by atoms with Crippen molar-refractivity contribution in [2.45, 2.75) is 26.9 Å². The highest BCUT2D eigenvalue weighted by Gasteiger charge is 2.01. The van der Waals surface area contributed by atoms with Crippen molar-refractivity contribution in [1.82, 2.24) is 25.5 Å². The van der Waals surface area contributed by atoms with Crippen molar-refractivity contribution in [3.8, 4) is 0 Å². The largest absolute Gasteiger partial charge is 0.424 e. The van der Waals surface area contributed by atoms with E-state index >= 15 is 0 Å². The van der Waals surface area contributed by atoms with Gasteiger partial charge in [-0.1, -0.05) is 0 Å². The van der Waals surface area contributed by atoms with E-state index in [0.717, 1.165) is 11.4 Å². The minimum atomic E-state index is 0.538. The van der Waals surface area contributed by atoms with E-state index in [2.05, 4.69) is 25.5 Å². The quantitative estimate of drug-likeness (QED) is 0.818. The van der Waals surface area contributed by atoms with Gasteiger partial charge in [-0.3, -0.25) is 9.97 Å². The smallest absolute Gasteiger partial charge is 0.230 e. The number of nitrogens with zero attached hydrogens (tertiary/aromatic N) is 4. The Bertz CT molecular complexity index is 450. The van der Waals surface area contributed by atoms with E-state index < -0.39 is 0 Å². The first-order valence-electron chi connectivity index (χ1n) is 5.01. The highest BCUT2D eigenvalue weighted by atomic mass is 16.4. The number of rotatable bonds is 4. The Labute approximate surface area is 93.1 Å². The van der Waals surface area contributed by atoms with Crippen LogP contribution in [0.4, 0.5) is 0 Å². The first kappa shape index (κ1) is 10.7. The average Bonchev–Trinajstić information content (AvgIpc) is 2.67. The van der Waals surface area contributed by atoms with Gasteiger partial charge in [-0.15, -0.1) is 10.2 Å². The van der Waals surface area contributed by atoms with Crippen molar-refractivity contribution in [3.05, 3.63) is 35.6 Å². The molecule has 0 saturated heterocycles. The van der Waals surface area contributed by atoms with Crippen LogP contribution in [0, 0.1) is 13.8 Å². The van der Waals surface area contributed by atoms with Gasteiger partial charge in [0.05, 0.1) is 17.9 Å². The molecular weight excluding hydrogens is 206 g/mol. The molecular formula is C10H13N5O. The van der Waals surface area contributed by atoms with Crippen LogP contribution in [0.1, 0.15) is 23.2 Å². The molecule has 1 N–H and O–H groups in total. The van der Waals surface area contributed by atoms with Gasteiger partial charge >= 0.3 is 0 Å². The first-order valence-corrected chi connectivity index (χ1v) is 5.01. The summed E-state index contributed by atoms with van der Waals surface area (Å²) in [7, 11) is 0. The molecule has 0 radical (unpaired) electrons. The van der Waals surface area contributed by atoms with Crippen LogP contribution in [-0.4, -0.2) is 20.2 Å². The topological polar surface area (TPSA) is 76.7 Å². The summed E-state index contributed by atoms with van der Waals surface area (Å²) >= 11 is 0.